The lowest BCUT2D eigenvalue weighted by molar-refractivity contribution is 0.582. The standard InChI is InChI=1S/C23H20N2OS/c24-23(17-8-3-1-4-9-17)18-13-14-21(20(16-18)22-12-7-15-26-22)25-27-19-10-5-2-6-11-19/h1-16,23,25H,24H2. The lowest BCUT2D eigenvalue weighted by Crippen LogP contribution is -2.11. The second-order valence-corrected chi connectivity index (χ2v) is 7.07. The number of anilines is 1. The molecule has 134 valence electrons. The Bertz CT molecular complexity index is 986. The van der Waals surface area contributed by atoms with Gasteiger partial charge in [-0.1, -0.05) is 54.6 Å². The fourth-order valence-corrected chi connectivity index (χ4v) is 3.63. The Morgan fingerprint density at radius 2 is 1.52 bits per heavy atom. The van der Waals surface area contributed by atoms with Crippen molar-refractivity contribution in [2.45, 2.75) is 10.9 Å². The summed E-state index contributed by atoms with van der Waals surface area (Å²) in [6.07, 6.45) is 1.69. The van der Waals surface area contributed by atoms with Crippen molar-refractivity contribution < 1.29 is 4.42 Å². The summed E-state index contributed by atoms with van der Waals surface area (Å²) in [6, 6.07) is 30.2. The zero-order valence-corrected chi connectivity index (χ0v) is 15.5. The first kappa shape index (κ1) is 17.5. The van der Waals surface area contributed by atoms with Crippen LogP contribution in [0.15, 0.2) is 107 Å². The molecule has 0 amide bonds. The van der Waals surface area contributed by atoms with Gasteiger partial charge in [0.15, 0.2) is 0 Å². The highest BCUT2D eigenvalue weighted by Crippen LogP contribution is 2.34. The maximum absolute atomic E-state index is 6.50. The summed E-state index contributed by atoms with van der Waals surface area (Å²) in [4.78, 5) is 1.15. The zero-order chi connectivity index (χ0) is 18.5. The van der Waals surface area contributed by atoms with Crippen molar-refractivity contribution in [3.8, 4) is 11.3 Å². The minimum Gasteiger partial charge on any atom is -0.464 e. The lowest BCUT2D eigenvalue weighted by Gasteiger charge is -2.16. The van der Waals surface area contributed by atoms with E-state index in [9.17, 15) is 0 Å². The molecule has 1 heterocycles. The molecule has 4 aromatic rings. The molecule has 3 N–H and O–H groups in total. The summed E-state index contributed by atoms with van der Waals surface area (Å²) in [6.45, 7) is 0. The highest BCUT2D eigenvalue weighted by molar-refractivity contribution is 8.00. The summed E-state index contributed by atoms with van der Waals surface area (Å²) in [5.41, 5.74) is 10.6. The van der Waals surface area contributed by atoms with Crippen molar-refractivity contribution >= 4 is 17.6 Å². The molecule has 0 aliphatic heterocycles. The molecule has 3 nitrogen and oxygen atoms in total. The average molecular weight is 372 g/mol. The van der Waals surface area contributed by atoms with Crippen LogP contribution in [-0.2, 0) is 0 Å². The van der Waals surface area contributed by atoms with Gasteiger partial charge < -0.3 is 14.9 Å². The molecule has 1 unspecified atom stereocenters. The molecule has 0 bridgehead atoms. The number of benzene rings is 3. The molecule has 0 aliphatic carbocycles. The van der Waals surface area contributed by atoms with E-state index in [1.54, 1.807) is 18.2 Å². The van der Waals surface area contributed by atoms with Crippen LogP contribution in [-0.4, -0.2) is 0 Å². The van der Waals surface area contributed by atoms with E-state index >= 15 is 0 Å². The fourth-order valence-electron chi connectivity index (χ4n) is 2.94. The van der Waals surface area contributed by atoms with Crippen molar-refractivity contribution in [1.82, 2.24) is 0 Å². The second kappa shape index (κ2) is 8.16. The molecule has 0 fully saturated rings. The highest BCUT2D eigenvalue weighted by atomic mass is 32.2. The maximum atomic E-state index is 6.50. The normalized spacial score (nSPS) is 11.9. The third kappa shape index (κ3) is 4.08. The Hall–Kier alpha value is -2.95. The minimum atomic E-state index is -0.185. The largest absolute Gasteiger partial charge is 0.464 e. The molecule has 0 saturated heterocycles. The second-order valence-electron chi connectivity index (χ2n) is 6.19. The van der Waals surface area contributed by atoms with Crippen LogP contribution in [0.1, 0.15) is 17.2 Å². The predicted octanol–water partition coefficient (Wildman–Crippen LogP) is 6.11. The van der Waals surface area contributed by atoms with Gasteiger partial charge in [0.1, 0.15) is 5.76 Å². The van der Waals surface area contributed by atoms with Crippen LogP contribution in [0, 0.1) is 0 Å². The topological polar surface area (TPSA) is 51.2 Å². The Kier molecular flexibility index (Phi) is 5.28. The third-order valence-corrected chi connectivity index (χ3v) is 5.20. The van der Waals surface area contributed by atoms with Gasteiger partial charge in [-0.25, -0.2) is 0 Å². The van der Waals surface area contributed by atoms with Crippen LogP contribution in [0.25, 0.3) is 11.3 Å². The zero-order valence-electron chi connectivity index (χ0n) is 14.7. The average Bonchev–Trinajstić information content (AvgIpc) is 3.28. The van der Waals surface area contributed by atoms with Gasteiger partial charge in [0.2, 0.25) is 0 Å². The van der Waals surface area contributed by atoms with Crippen molar-refractivity contribution in [3.05, 3.63) is 108 Å². The van der Waals surface area contributed by atoms with Crippen LogP contribution >= 0.6 is 11.9 Å². The molecule has 1 atom stereocenters. The summed E-state index contributed by atoms with van der Waals surface area (Å²) in [5.74, 6) is 0.813. The van der Waals surface area contributed by atoms with Crippen LogP contribution < -0.4 is 10.5 Å². The fraction of sp³-hybridized carbons (Fsp3) is 0.0435. The first-order valence-electron chi connectivity index (χ1n) is 8.77. The third-order valence-electron chi connectivity index (χ3n) is 4.37. The highest BCUT2D eigenvalue weighted by Gasteiger charge is 2.14. The van der Waals surface area contributed by atoms with Crippen LogP contribution in [0.4, 0.5) is 5.69 Å². The van der Waals surface area contributed by atoms with Crippen LogP contribution in [0.2, 0.25) is 0 Å². The van der Waals surface area contributed by atoms with Crippen LogP contribution in [0.3, 0.4) is 0 Å². The Labute approximate surface area is 163 Å². The first-order valence-corrected chi connectivity index (χ1v) is 9.59. The van der Waals surface area contributed by atoms with Gasteiger partial charge in [-0.05, 0) is 59.5 Å². The monoisotopic (exact) mass is 372 g/mol. The molecule has 4 rings (SSSR count). The summed E-state index contributed by atoms with van der Waals surface area (Å²) in [5, 5.41) is 0. The van der Waals surface area contributed by atoms with Crippen molar-refractivity contribution in [2.75, 3.05) is 4.72 Å². The van der Waals surface area contributed by atoms with Crippen molar-refractivity contribution in [1.29, 1.82) is 0 Å². The summed E-state index contributed by atoms with van der Waals surface area (Å²) < 4.78 is 9.10. The molecule has 27 heavy (non-hydrogen) atoms. The van der Waals surface area contributed by atoms with E-state index in [2.05, 4.69) is 47.2 Å². The Balaban J connectivity index is 1.65. The van der Waals surface area contributed by atoms with Gasteiger partial charge >= 0.3 is 0 Å². The SMILES string of the molecule is NC(c1ccccc1)c1ccc(NSc2ccccc2)c(-c2ccco2)c1. The summed E-state index contributed by atoms with van der Waals surface area (Å²) >= 11 is 1.57. The number of furan rings is 1. The Morgan fingerprint density at radius 1 is 0.778 bits per heavy atom. The van der Waals surface area contributed by atoms with E-state index in [1.165, 1.54) is 0 Å². The molecule has 4 heteroatoms. The molecule has 0 radical (unpaired) electrons. The van der Waals surface area contributed by atoms with Crippen molar-refractivity contribution in [2.24, 2.45) is 5.73 Å². The molecular formula is C23H20N2OS. The van der Waals surface area contributed by atoms with E-state index < -0.39 is 0 Å². The van der Waals surface area contributed by atoms with E-state index in [0.717, 1.165) is 33.0 Å². The van der Waals surface area contributed by atoms with Gasteiger partial charge in [-0.15, -0.1) is 0 Å². The smallest absolute Gasteiger partial charge is 0.135 e. The van der Waals surface area contributed by atoms with Gasteiger partial charge in [-0.2, -0.15) is 0 Å². The first-order chi connectivity index (χ1) is 13.3. The van der Waals surface area contributed by atoms with Gasteiger partial charge in [-0.3, -0.25) is 0 Å². The minimum absolute atomic E-state index is 0.185. The van der Waals surface area contributed by atoms with E-state index in [1.807, 2.05) is 48.5 Å². The lowest BCUT2D eigenvalue weighted by atomic mass is 9.96. The van der Waals surface area contributed by atoms with Gasteiger partial charge in [0.05, 0.1) is 18.0 Å². The number of nitrogens with two attached hydrogens (primary N) is 1. The Morgan fingerprint density at radius 3 is 2.22 bits per heavy atom. The van der Waals surface area contributed by atoms with Crippen molar-refractivity contribution in [3.63, 3.8) is 0 Å². The van der Waals surface area contributed by atoms with E-state index in [-0.39, 0.29) is 6.04 Å². The molecule has 0 spiro atoms. The maximum Gasteiger partial charge on any atom is 0.135 e. The quantitative estimate of drug-likeness (QED) is 0.401. The van der Waals surface area contributed by atoms with Gasteiger partial charge in [0, 0.05) is 10.5 Å². The van der Waals surface area contributed by atoms with Crippen LogP contribution in [0.5, 0.6) is 0 Å². The number of hydrogen-bond donors (Lipinski definition) is 2. The number of rotatable bonds is 6. The molecule has 3 aromatic carbocycles. The number of nitrogens with one attached hydrogen (secondary N) is 1. The van der Waals surface area contributed by atoms with E-state index in [4.69, 9.17) is 10.2 Å². The van der Waals surface area contributed by atoms with Gasteiger partial charge in [0.25, 0.3) is 0 Å². The molecular weight excluding hydrogens is 352 g/mol. The van der Waals surface area contributed by atoms with E-state index in [0.29, 0.717) is 0 Å². The predicted molar refractivity (Wildman–Crippen MR) is 113 cm³/mol. The molecule has 0 saturated carbocycles. The number of hydrogen-bond acceptors (Lipinski definition) is 4. The molecule has 0 aliphatic rings. The summed E-state index contributed by atoms with van der Waals surface area (Å²) in [7, 11) is 0. The molecule has 1 aromatic heterocycles.